The standard InChI is InChI=1S/C26H38FN3O3/c1-33-23-10-4-3-9-22(23)29-19-17-28(18-20-29)15-7-8-16-30-24(31)21(11-14-27)26(25(30)32)12-5-2-6-13-26/h3-4,9-10,21H,2,5-8,11-20H2,1H3. The summed E-state index contributed by atoms with van der Waals surface area (Å²) < 4.78 is 18.7. The van der Waals surface area contributed by atoms with Crippen LogP contribution in [0.3, 0.4) is 0 Å². The summed E-state index contributed by atoms with van der Waals surface area (Å²) in [5, 5.41) is 0. The Morgan fingerprint density at radius 1 is 1.00 bits per heavy atom. The van der Waals surface area contributed by atoms with Crippen LogP contribution in [-0.2, 0) is 9.59 Å². The van der Waals surface area contributed by atoms with Gasteiger partial charge in [-0.15, -0.1) is 0 Å². The van der Waals surface area contributed by atoms with Crippen molar-refractivity contribution in [2.24, 2.45) is 11.3 Å². The van der Waals surface area contributed by atoms with Crippen molar-refractivity contribution >= 4 is 17.5 Å². The maximum absolute atomic E-state index is 13.3. The molecule has 2 amide bonds. The third kappa shape index (κ3) is 4.88. The summed E-state index contributed by atoms with van der Waals surface area (Å²) in [5.41, 5.74) is 0.529. The number of piperazine rings is 1. The number of alkyl halides is 1. The molecule has 33 heavy (non-hydrogen) atoms. The van der Waals surface area contributed by atoms with Gasteiger partial charge in [0.05, 0.1) is 30.8 Å². The Morgan fingerprint density at radius 2 is 1.70 bits per heavy atom. The molecule has 6 nitrogen and oxygen atoms in total. The van der Waals surface area contributed by atoms with Gasteiger partial charge in [-0.2, -0.15) is 0 Å². The Bertz CT molecular complexity index is 819. The predicted octanol–water partition coefficient (Wildman–Crippen LogP) is 3.89. The Labute approximate surface area is 197 Å². The maximum atomic E-state index is 13.3. The molecule has 1 spiro atoms. The minimum atomic E-state index is -0.615. The zero-order valence-electron chi connectivity index (χ0n) is 19.9. The van der Waals surface area contributed by atoms with Crippen molar-refractivity contribution in [3.63, 3.8) is 0 Å². The molecule has 1 saturated carbocycles. The number of imide groups is 1. The highest BCUT2D eigenvalue weighted by atomic mass is 19.1. The number of rotatable bonds is 9. The number of amides is 2. The Balaban J connectivity index is 1.24. The summed E-state index contributed by atoms with van der Waals surface area (Å²) in [6.45, 7) is 4.80. The Morgan fingerprint density at radius 3 is 2.39 bits per heavy atom. The zero-order chi connectivity index (χ0) is 23.3. The number of hydrogen-bond acceptors (Lipinski definition) is 5. The molecule has 1 atom stereocenters. The number of para-hydroxylation sites is 2. The molecule has 1 aromatic carbocycles. The topological polar surface area (TPSA) is 53.1 Å². The van der Waals surface area contributed by atoms with Gasteiger partial charge in [-0.3, -0.25) is 23.8 Å². The molecule has 2 heterocycles. The molecule has 0 bridgehead atoms. The summed E-state index contributed by atoms with van der Waals surface area (Å²) in [7, 11) is 1.71. The van der Waals surface area contributed by atoms with E-state index in [-0.39, 0.29) is 18.2 Å². The SMILES string of the molecule is COc1ccccc1N1CCN(CCCCN2C(=O)C(CCF)C3(CCCCC3)C2=O)CC1. The number of carbonyl (C=O) groups excluding carboxylic acids is 2. The number of halogens is 1. The van der Waals surface area contributed by atoms with Crippen LogP contribution in [-0.4, -0.2) is 74.7 Å². The van der Waals surface area contributed by atoms with E-state index in [0.29, 0.717) is 6.54 Å². The highest BCUT2D eigenvalue weighted by molar-refractivity contribution is 6.07. The van der Waals surface area contributed by atoms with Gasteiger partial charge >= 0.3 is 0 Å². The molecule has 4 rings (SSSR count). The van der Waals surface area contributed by atoms with E-state index in [4.69, 9.17) is 4.74 Å². The fourth-order valence-electron chi connectivity index (χ4n) is 6.12. The summed E-state index contributed by atoms with van der Waals surface area (Å²) in [4.78, 5) is 32.6. The monoisotopic (exact) mass is 459 g/mol. The van der Waals surface area contributed by atoms with Crippen LogP contribution in [0.1, 0.15) is 51.4 Å². The van der Waals surface area contributed by atoms with Gasteiger partial charge in [0, 0.05) is 32.7 Å². The van der Waals surface area contributed by atoms with E-state index in [1.165, 1.54) is 4.90 Å². The molecule has 0 aromatic heterocycles. The highest BCUT2D eigenvalue weighted by Gasteiger charge is 2.58. The third-order valence-electron chi connectivity index (χ3n) is 7.95. The minimum Gasteiger partial charge on any atom is -0.495 e. The average Bonchev–Trinajstić information content (AvgIpc) is 3.04. The zero-order valence-corrected chi connectivity index (χ0v) is 19.9. The largest absolute Gasteiger partial charge is 0.495 e. The first-order valence-corrected chi connectivity index (χ1v) is 12.6. The number of benzene rings is 1. The van der Waals surface area contributed by atoms with Crippen LogP contribution in [0.5, 0.6) is 5.75 Å². The molecular weight excluding hydrogens is 421 g/mol. The van der Waals surface area contributed by atoms with Gasteiger partial charge in [0.25, 0.3) is 0 Å². The van der Waals surface area contributed by atoms with Crippen molar-refractivity contribution in [1.82, 2.24) is 9.80 Å². The fraction of sp³-hybridized carbons (Fsp3) is 0.692. The van der Waals surface area contributed by atoms with Crippen molar-refractivity contribution in [3.8, 4) is 5.75 Å². The summed E-state index contributed by atoms with van der Waals surface area (Å²) in [6.07, 6.45) is 6.49. The Kier molecular flexibility index (Phi) is 7.89. The smallest absolute Gasteiger partial charge is 0.236 e. The fourth-order valence-corrected chi connectivity index (χ4v) is 6.12. The lowest BCUT2D eigenvalue weighted by Gasteiger charge is -2.36. The number of carbonyl (C=O) groups is 2. The van der Waals surface area contributed by atoms with Crippen molar-refractivity contribution in [2.45, 2.75) is 51.4 Å². The molecule has 0 N–H and O–H groups in total. The summed E-state index contributed by atoms with van der Waals surface area (Å²) in [6, 6.07) is 8.14. The number of anilines is 1. The van der Waals surface area contributed by atoms with Crippen LogP contribution >= 0.6 is 0 Å². The lowest BCUT2D eigenvalue weighted by atomic mass is 9.66. The van der Waals surface area contributed by atoms with E-state index in [9.17, 15) is 14.0 Å². The van der Waals surface area contributed by atoms with Crippen molar-refractivity contribution in [3.05, 3.63) is 24.3 Å². The number of hydrogen-bond donors (Lipinski definition) is 0. The molecule has 1 aliphatic carbocycles. The maximum Gasteiger partial charge on any atom is 0.236 e. The number of nitrogens with zero attached hydrogens (tertiary/aromatic N) is 3. The van der Waals surface area contributed by atoms with Crippen molar-refractivity contribution < 1.29 is 18.7 Å². The van der Waals surface area contributed by atoms with E-state index < -0.39 is 18.0 Å². The molecule has 1 aromatic rings. The summed E-state index contributed by atoms with van der Waals surface area (Å²) >= 11 is 0. The van der Waals surface area contributed by atoms with E-state index in [0.717, 1.165) is 89.1 Å². The van der Waals surface area contributed by atoms with Crippen LogP contribution in [0.4, 0.5) is 10.1 Å². The van der Waals surface area contributed by atoms with E-state index >= 15 is 0 Å². The first-order chi connectivity index (χ1) is 16.1. The average molecular weight is 460 g/mol. The van der Waals surface area contributed by atoms with Gasteiger partial charge in [-0.1, -0.05) is 31.4 Å². The molecule has 0 radical (unpaired) electrons. The molecule has 2 aliphatic heterocycles. The van der Waals surface area contributed by atoms with E-state index in [1.54, 1.807) is 7.11 Å². The van der Waals surface area contributed by atoms with Crippen LogP contribution < -0.4 is 9.64 Å². The second-order valence-electron chi connectivity index (χ2n) is 9.75. The van der Waals surface area contributed by atoms with Crippen LogP contribution in [0.25, 0.3) is 0 Å². The van der Waals surface area contributed by atoms with Gasteiger partial charge in [0.1, 0.15) is 5.75 Å². The molecule has 2 saturated heterocycles. The molecular formula is C26H38FN3O3. The van der Waals surface area contributed by atoms with Crippen LogP contribution in [0, 0.1) is 11.3 Å². The number of unbranched alkanes of at least 4 members (excludes halogenated alkanes) is 1. The highest BCUT2D eigenvalue weighted by Crippen LogP contribution is 2.50. The predicted molar refractivity (Wildman–Crippen MR) is 127 cm³/mol. The van der Waals surface area contributed by atoms with Gasteiger partial charge in [-0.05, 0) is 50.8 Å². The molecule has 1 unspecified atom stereocenters. The summed E-state index contributed by atoms with van der Waals surface area (Å²) in [5.74, 6) is 0.326. The quantitative estimate of drug-likeness (QED) is 0.414. The van der Waals surface area contributed by atoms with E-state index in [1.807, 2.05) is 18.2 Å². The lowest BCUT2D eigenvalue weighted by Crippen LogP contribution is -2.46. The van der Waals surface area contributed by atoms with Gasteiger partial charge in [0.15, 0.2) is 0 Å². The molecule has 3 aliphatic rings. The lowest BCUT2D eigenvalue weighted by molar-refractivity contribution is -0.142. The number of likely N-dealkylation sites (tertiary alicyclic amines) is 1. The second kappa shape index (κ2) is 10.9. The molecule has 182 valence electrons. The number of ether oxygens (including phenoxy) is 1. The third-order valence-corrected chi connectivity index (χ3v) is 7.95. The van der Waals surface area contributed by atoms with Crippen LogP contribution in [0.2, 0.25) is 0 Å². The molecule has 7 heteroatoms. The van der Waals surface area contributed by atoms with Crippen molar-refractivity contribution in [2.75, 3.05) is 58.0 Å². The second-order valence-corrected chi connectivity index (χ2v) is 9.75. The van der Waals surface area contributed by atoms with E-state index in [2.05, 4.69) is 15.9 Å². The Hall–Kier alpha value is -2.15. The minimum absolute atomic E-state index is 0.0175. The van der Waals surface area contributed by atoms with Gasteiger partial charge in [0.2, 0.25) is 11.8 Å². The van der Waals surface area contributed by atoms with Crippen molar-refractivity contribution in [1.29, 1.82) is 0 Å². The first-order valence-electron chi connectivity index (χ1n) is 12.6. The molecule has 3 fully saturated rings. The van der Waals surface area contributed by atoms with Gasteiger partial charge in [-0.25, -0.2) is 0 Å². The normalized spacial score (nSPS) is 23.5. The van der Waals surface area contributed by atoms with Gasteiger partial charge < -0.3 is 9.64 Å². The van der Waals surface area contributed by atoms with Crippen LogP contribution in [0.15, 0.2) is 24.3 Å². The number of methoxy groups -OCH3 is 1. The first kappa shape index (κ1) is 24.0.